The van der Waals surface area contributed by atoms with Crippen molar-refractivity contribution in [2.75, 3.05) is 4.90 Å². The van der Waals surface area contributed by atoms with Crippen LogP contribution in [-0.4, -0.2) is 43.8 Å². The highest BCUT2D eigenvalue weighted by Crippen LogP contribution is 2.43. The van der Waals surface area contributed by atoms with Crippen molar-refractivity contribution in [2.24, 2.45) is 0 Å². The molecular formula is C20H20N6O2. The topological polar surface area (TPSA) is 104 Å². The summed E-state index contributed by atoms with van der Waals surface area (Å²) in [5.74, 6) is 0.734. The van der Waals surface area contributed by atoms with Crippen LogP contribution in [0, 0.1) is 0 Å². The van der Waals surface area contributed by atoms with Crippen molar-refractivity contribution >= 4 is 28.7 Å². The number of fused-ring (bicyclic) bond motifs is 2. The monoisotopic (exact) mass is 376 g/mol. The molecule has 0 spiro atoms. The Morgan fingerprint density at radius 2 is 1.96 bits per heavy atom. The molecule has 3 heterocycles. The average molecular weight is 376 g/mol. The van der Waals surface area contributed by atoms with E-state index in [0.717, 1.165) is 16.7 Å². The SMILES string of the molecule is CC1(C)C(=O)N(C2CC(NC(=O)c3nc4ccccc4[nH]3)C2)c2nccnc21. The van der Waals surface area contributed by atoms with Crippen molar-refractivity contribution in [1.29, 1.82) is 0 Å². The van der Waals surface area contributed by atoms with Crippen molar-refractivity contribution < 1.29 is 9.59 Å². The van der Waals surface area contributed by atoms with Gasteiger partial charge in [-0.3, -0.25) is 19.5 Å². The lowest BCUT2D eigenvalue weighted by Crippen LogP contribution is -2.56. The third kappa shape index (κ3) is 2.41. The van der Waals surface area contributed by atoms with E-state index in [1.165, 1.54) is 0 Å². The van der Waals surface area contributed by atoms with Gasteiger partial charge >= 0.3 is 0 Å². The summed E-state index contributed by atoms with van der Waals surface area (Å²) in [5.41, 5.74) is 1.64. The third-order valence-corrected chi connectivity index (χ3v) is 5.67. The van der Waals surface area contributed by atoms with Crippen LogP contribution in [0.2, 0.25) is 0 Å². The Balaban J connectivity index is 1.28. The first-order valence-corrected chi connectivity index (χ1v) is 9.36. The molecule has 0 bridgehead atoms. The number of hydrogen-bond acceptors (Lipinski definition) is 5. The maximum absolute atomic E-state index is 12.9. The van der Waals surface area contributed by atoms with Gasteiger partial charge in [0.05, 0.1) is 22.1 Å². The smallest absolute Gasteiger partial charge is 0.287 e. The van der Waals surface area contributed by atoms with E-state index in [1.807, 2.05) is 38.1 Å². The van der Waals surface area contributed by atoms with Crippen LogP contribution in [0.25, 0.3) is 11.0 Å². The largest absolute Gasteiger partial charge is 0.346 e. The molecule has 3 aromatic rings. The van der Waals surface area contributed by atoms with Crippen LogP contribution >= 0.6 is 0 Å². The minimum atomic E-state index is -0.674. The molecule has 0 saturated heterocycles. The van der Waals surface area contributed by atoms with Gasteiger partial charge in [-0.25, -0.2) is 9.97 Å². The van der Waals surface area contributed by atoms with Crippen molar-refractivity contribution in [3.05, 3.63) is 48.2 Å². The molecule has 1 fully saturated rings. The summed E-state index contributed by atoms with van der Waals surface area (Å²) in [6.45, 7) is 3.75. The minimum Gasteiger partial charge on any atom is -0.346 e. The molecule has 1 saturated carbocycles. The zero-order valence-electron chi connectivity index (χ0n) is 15.6. The molecule has 1 aliphatic heterocycles. The fraction of sp³-hybridized carbons (Fsp3) is 0.350. The van der Waals surface area contributed by atoms with Crippen LogP contribution in [0.3, 0.4) is 0 Å². The highest BCUT2D eigenvalue weighted by atomic mass is 16.2. The highest BCUT2D eigenvalue weighted by molar-refractivity contribution is 6.06. The number of carbonyl (C=O) groups excluding carboxylic acids is 2. The molecule has 1 aromatic carbocycles. The zero-order chi connectivity index (χ0) is 19.5. The predicted octanol–water partition coefficient (Wildman–Crippen LogP) is 1.94. The van der Waals surface area contributed by atoms with Gasteiger partial charge in [-0.2, -0.15) is 0 Å². The lowest BCUT2D eigenvalue weighted by atomic mass is 9.84. The normalized spacial score (nSPS) is 22.8. The fourth-order valence-electron chi connectivity index (χ4n) is 4.02. The molecule has 5 rings (SSSR count). The van der Waals surface area contributed by atoms with Crippen LogP contribution in [0.4, 0.5) is 5.82 Å². The molecular weight excluding hydrogens is 356 g/mol. The number of nitrogens with one attached hydrogen (secondary N) is 2. The first-order chi connectivity index (χ1) is 13.4. The minimum absolute atomic E-state index is 0.00217. The third-order valence-electron chi connectivity index (χ3n) is 5.67. The Morgan fingerprint density at radius 3 is 2.75 bits per heavy atom. The Hall–Kier alpha value is -3.29. The number of benzene rings is 1. The number of anilines is 1. The first-order valence-electron chi connectivity index (χ1n) is 9.36. The van der Waals surface area contributed by atoms with Gasteiger partial charge in [0.15, 0.2) is 11.6 Å². The van der Waals surface area contributed by atoms with Gasteiger partial charge in [-0.15, -0.1) is 0 Å². The van der Waals surface area contributed by atoms with Crippen LogP contribution < -0.4 is 10.2 Å². The molecule has 2 amide bonds. The molecule has 1 aliphatic carbocycles. The summed E-state index contributed by atoms with van der Waals surface area (Å²) in [7, 11) is 0. The van der Waals surface area contributed by atoms with Crippen LogP contribution in [0.15, 0.2) is 36.7 Å². The summed E-state index contributed by atoms with van der Waals surface area (Å²) in [6.07, 6.45) is 4.60. The summed E-state index contributed by atoms with van der Waals surface area (Å²) in [5, 5.41) is 3.00. The summed E-state index contributed by atoms with van der Waals surface area (Å²) >= 11 is 0. The molecule has 0 atom stereocenters. The summed E-state index contributed by atoms with van der Waals surface area (Å²) < 4.78 is 0. The molecule has 28 heavy (non-hydrogen) atoms. The molecule has 8 nitrogen and oxygen atoms in total. The maximum Gasteiger partial charge on any atom is 0.287 e. The molecule has 2 aliphatic rings. The van der Waals surface area contributed by atoms with Crippen LogP contribution in [-0.2, 0) is 10.2 Å². The van der Waals surface area contributed by atoms with Gasteiger partial charge in [0.25, 0.3) is 5.91 Å². The molecule has 142 valence electrons. The number of para-hydroxylation sites is 2. The number of H-pyrrole nitrogens is 1. The Labute approximate surface area is 161 Å². The number of hydrogen-bond donors (Lipinski definition) is 2. The van der Waals surface area contributed by atoms with Crippen LogP contribution in [0.1, 0.15) is 43.0 Å². The number of rotatable bonds is 3. The van der Waals surface area contributed by atoms with E-state index in [2.05, 4.69) is 25.3 Å². The molecule has 0 unspecified atom stereocenters. The van der Waals surface area contributed by atoms with Crippen molar-refractivity contribution in [1.82, 2.24) is 25.3 Å². The van der Waals surface area contributed by atoms with Crippen LogP contribution in [0.5, 0.6) is 0 Å². The Bertz CT molecular complexity index is 1070. The molecule has 8 heteroatoms. The summed E-state index contributed by atoms with van der Waals surface area (Å²) in [6, 6.07) is 7.55. The van der Waals surface area contributed by atoms with Gasteiger partial charge in [0.2, 0.25) is 5.91 Å². The van der Waals surface area contributed by atoms with E-state index < -0.39 is 5.41 Å². The van der Waals surface area contributed by atoms with Crippen molar-refractivity contribution in [3.63, 3.8) is 0 Å². The van der Waals surface area contributed by atoms with E-state index in [4.69, 9.17) is 0 Å². The van der Waals surface area contributed by atoms with Gasteiger partial charge in [-0.1, -0.05) is 12.1 Å². The number of nitrogens with zero attached hydrogens (tertiary/aromatic N) is 4. The van der Waals surface area contributed by atoms with E-state index in [1.54, 1.807) is 17.3 Å². The maximum atomic E-state index is 12.9. The second-order valence-corrected chi connectivity index (χ2v) is 7.93. The number of aromatic amines is 1. The molecule has 2 N–H and O–H groups in total. The fourth-order valence-corrected chi connectivity index (χ4v) is 4.02. The second-order valence-electron chi connectivity index (χ2n) is 7.93. The van der Waals surface area contributed by atoms with Gasteiger partial charge in [0, 0.05) is 24.5 Å². The van der Waals surface area contributed by atoms with Crippen molar-refractivity contribution in [2.45, 2.75) is 44.2 Å². The van der Waals surface area contributed by atoms with Gasteiger partial charge < -0.3 is 10.3 Å². The number of carbonyl (C=O) groups is 2. The van der Waals surface area contributed by atoms with Gasteiger partial charge in [-0.05, 0) is 38.8 Å². The zero-order valence-corrected chi connectivity index (χ0v) is 15.6. The standard InChI is InChI=1S/C20H20N6O2/c1-20(2)15-17(22-8-7-21-15)26(19(20)28)12-9-11(10-12)23-18(27)16-24-13-5-3-4-6-14(13)25-16/h3-8,11-12H,9-10H2,1-2H3,(H,23,27)(H,24,25). The summed E-state index contributed by atoms with van der Waals surface area (Å²) in [4.78, 5) is 43.3. The number of aromatic nitrogens is 4. The Morgan fingerprint density at radius 1 is 1.21 bits per heavy atom. The second kappa shape index (κ2) is 5.85. The first kappa shape index (κ1) is 16.9. The van der Waals surface area contributed by atoms with E-state index in [9.17, 15) is 9.59 Å². The molecule has 2 aromatic heterocycles. The van der Waals surface area contributed by atoms with E-state index >= 15 is 0 Å². The Kier molecular flexibility index (Phi) is 3.52. The van der Waals surface area contributed by atoms with E-state index in [0.29, 0.717) is 24.5 Å². The predicted molar refractivity (Wildman–Crippen MR) is 103 cm³/mol. The number of amides is 2. The van der Waals surface area contributed by atoms with Gasteiger partial charge in [0.1, 0.15) is 0 Å². The van der Waals surface area contributed by atoms with E-state index in [-0.39, 0.29) is 23.9 Å². The number of imidazole rings is 1. The quantitative estimate of drug-likeness (QED) is 0.727. The lowest BCUT2D eigenvalue weighted by molar-refractivity contribution is -0.123. The van der Waals surface area contributed by atoms with Crippen molar-refractivity contribution in [3.8, 4) is 0 Å². The highest BCUT2D eigenvalue weighted by Gasteiger charge is 2.51. The molecule has 0 radical (unpaired) electrons. The lowest BCUT2D eigenvalue weighted by Gasteiger charge is -2.41. The average Bonchev–Trinajstić information content (AvgIpc) is 3.17.